The molecule has 2 aromatic carbocycles. The summed E-state index contributed by atoms with van der Waals surface area (Å²) in [6, 6.07) is 14.2. The van der Waals surface area contributed by atoms with Gasteiger partial charge in [0.2, 0.25) is 0 Å². The fraction of sp³-hybridized carbons (Fsp3) is 0.250. The Kier molecular flexibility index (Phi) is 3.24. The normalized spacial score (nSPS) is 12.8. The Morgan fingerprint density at radius 1 is 1.10 bits per heavy atom. The first kappa shape index (κ1) is 12.8. The second-order valence-electron chi connectivity index (χ2n) is 5.01. The number of benzene rings is 2. The highest BCUT2D eigenvalue weighted by molar-refractivity contribution is 5.83. The van der Waals surface area contributed by atoms with E-state index in [9.17, 15) is 5.11 Å². The first-order chi connectivity index (χ1) is 9.63. The number of aromatic nitrogens is 3. The highest BCUT2D eigenvalue weighted by Gasteiger charge is 2.12. The molecule has 1 aromatic heterocycles. The Labute approximate surface area is 117 Å². The molecule has 1 heterocycles. The van der Waals surface area contributed by atoms with E-state index in [1.165, 1.54) is 5.39 Å². The molecule has 0 bridgehead atoms. The zero-order valence-electron chi connectivity index (χ0n) is 11.6. The standard InChI is InChI=1S/C16H17N3O/c1-11-17-12(2)19(18-11)10-16(20)15-8-7-13-5-3-4-6-14(13)9-15/h3-9,16,20H,10H2,1-2H3. The molecule has 3 rings (SSSR count). The van der Waals surface area contributed by atoms with Gasteiger partial charge in [0.05, 0.1) is 12.6 Å². The van der Waals surface area contributed by atoms with Crippen molar-refractivity contribution in [3.05, 3.63) is 59.7 Å². The quantitative estimate of drug-likeness (QED) is 0.794. The van der Waals surface area contributed by atoms with Crippen LogP contribution >= 0.6 is 0 Å². The molecule has 0 saturated carbocycles. The third kappa shape index (κ3) is 2.42. The largest absolute Gasteiger partial charge is 0.386 e. The molecule has 1 N–H and O–H groups in total. The van der Waals surface area contributed by atoms with Gasteiger partial charge in [-0.1, -0.05) is 36.4 Å². The van der Waals surface area contributed by atoms with Crippen LogP contribution in [0.15, 0.2) is 42.5 Å². The van der Waals surface area contributed by atoms with Crippen molar-refractivity contribution in [3.63, 3.8) is 0 Å². The van der Waals surface area contributed by atoms with Crippen molar-refractivity contribution in [2.45, 2.75) is 26.5 Å². The average molecular weight is 267 g/mol. The zero-order chi connectivity index (χ0) is 14.1. The average Bonchev–Trinajstić information content (AvgIpc) is 2.76. The zero-order valence-corrected chi connectivity index (χ0v) is 11.6. The molecule has 3 aromatic rings. The summed E-state index contributed by atoms with van der Waals surface area (Å²) in [6.07, 6.45) is -0.584. The minimum absolute atomic E-state index is 0.422. The van der Waals surface area contributed by atoms with Crippen LogP contribution in [0.2, 0.25) is 0 Å². The molecule has 0 radical (unpaired) electrons. The molecule has 1 atom stereocenters. The predicted molar refractivity (Wildman–Crippen MR) is 78.4 cm³/mol. The van der Waals surface area contributed by atoms with Gasteiger partial charge in [0.1, 0.15) is 11.6 Å². The molecule has 0 aliphatic rings. The molecule has 102 valence electrons. The lowest BCUT2D eigenvalue weighted by atomic mass is 10.0. The summed E-state index contributed by atoms with van der Waals surface area (Å²) in [7, 11) is 0. The van der Waals surface area contributed by atoms with Crippen molar-refractivity contribution in [2.24, 2.45) is 0 Å². The highest BCUT2D eigenvalue weighted by atomic mass is 16.3. The maximum atomic E-state index is 10.4. The van der Waals surface area contributed by atoms with Crippen molar-refractivity contribution in [2.75, 3.05) is 0 Å². The minimum atomic E-state index is -0.584. The van der Waals surface area contributed by atoms with Crippen molar-refractivity contribution in [3.8, 4) is 0 Å². The number of nitrogens with zero attached hydrogens (tertiary/aromatic N) is 3. The van der Waals surface area contributed by atoms with E-state index in [4.69, 9.17) is 0 Å². The summed E-state index contributed by atoms with van der Waals surface area (Å²) in [6.45, 7) is 4.17. The second-order valence-corrected chi connectivity index (χ2v) is 5.01. The van der Waals surface area contributed by atoms with Crippen LogP contribution in [0.5, 0.6) is 0 Å². The number of aliphatic hydroxyl groups is 1. The van der Waals surface area contributed by atoms with Gasteiger partial charge < -0.3 is 5.11 Å². The van der Waals surface area contributed by atoms with Gasteiger partial charge in [-0.2, -0.15) is 5.10 Å². The third-order valence-electron chi connectivity index (χ3n) is 3.47. The van der Waals surface area contributed by atoms with Gasteiger partial charge in [-0.25, -0.2) is 9.67 Å². The van der Waals surface area contributed by atoms with E-state index in [1.807, 2.05) is 44.2 Å². The van der Waals surface area contributed by atoms with Crippen LogP contribution in [0.4, 0.5) is 0 Å². The first-order valence-electron chi connectivity index (χ1n) is 6.68. The number of aryl methyl sites for hydroxylation is 2. The number of hydrogen-bond donors (Lipinski definition) is 1. The molecular formula is C16H17N3O. The van der Waals surface area contributed by atoms with E-state index in [0.717, 1.165) is 22.6 Å². The lowest BCUT2D eigenvalue weighted by Crippen LogP contribution is -2.11. The predicted octanol–water partition coefficient (Wildman–Crippen LogP) is 2.78. The van der Waals surface area contributed by atoms with Gasteiger partial charge in [-0.15, -0.1) is 0 Å². The minimum Gasteiger partial charge on any atom is -0.386 e. The SMILES string of the molecule is Cc1nc(C)n(CC(O)c2ccc3ccccc3c2)n1. The summed E-state index contributed by atoms with van der Waals surface area (Å²) in [5.41, 5.74) is 0.899. The molecule has 0 aliphatic heterocycles. The van der Waals surface area contributed by atoms with E-state index in [-0.39, 0.29) is 0 Å². The summed E-state index contributed by atoms with van der Waals surface area (Å²) < 4.78 is 1.75. The van der Waals surface area contributed by atoms with Crippen LogP contribution in [0.3, 0.4) is 0 Å². The van der Waals surface area contributed by atoms with E-state index < -0.39 is 6.10 Å². The molecule has 4 heteroatoms. The molecule has 20 heavy (non-hydrogen) atoms. The van der Waals surface area contributed by atoms with Gasteiger partial charge in [0, 0.05) is 0 Å². The van der Waals surface area contributed by atoms with Crippen LogP contribution in [0, 0.1) is 13.8 Å². The topological polar surface area (TPSA) is 50.9 Å². The van der Waals surface area contributed by atoms with Gasteiger partial charge in [-0.3, -0.25) is 0 Å². The van der Waals surface area contributed by atoms with Crippen LogP contribution in [-0.2, 0) is 6.54 Å². The molecule has 0 aliphatic carbocycles. The Hall–Kier alpha value is -2.20. The molecular weight excluding hydrogens is 250 g/mol. The number of rotatable bonds is 3. The molecule has 0 amide bonds. The van der Waals surface area contributed by atoms with Crippen molar-refractivity contribution < 1.29 is 5.11 Å². The molecule has 0 fully saturated rings. The van der Waals surface area contributed by atoms with Gasteiger partial charge in [-0.05, 0) is 36.2 Å². The third-order valence-corrected chi connectivity index (χ3v) is 3.47. The van der Waals surface area contributed by atoms with Crippen LogP contribution in [0.25, 0.3) is 10.8 Å². The molecule has 1 unspecified atom stereocenters. The fourth-order valence-corrected chi connectivity index (χ4v) is 2.42. The molecule has 0 saturated heterocycles. The smallest absolute Gasteiger partial charge is 0.147 e. The lowest BCUT2D eigenvalue weighted by Gasteiger charge is -2.12. The lowest BCUT2D eigenvalue weighted by molar-refractivity contribution is 0.150. The maximum Gasteiger partial charge on any atom is 0.147 e. The molecule has 4 nitrogen and oxygen atoms in total. The van der Waals surface area contributed by atoms with E-state index in [2.05, 4.69) is 22.2 Å². The van der Waals surface area contributed by atoms with Crippen molar-refractivity contribution >= 4 is 10.8 Å². The Balaban J connectivity index is 1.88. The van der Waals surface area contributed by atoms with Crippen molar-refractivity contribution in [1.29, 1.82) is 0 Å². The fourth-order valence-electron chi connectivity index (χ4n) is 2.42. The Morgan fingerprint density at radius 3 is 2.55 bits per heavy atom. The van der Waals surface area contributed by atoms with Crippen LogP contribution < -0.4 is 0 Å². The second kappa shape index (κ2) is 5.06. The Morgan fingerprint density at radius 2 is 1.85 bits per heavy atom. The first-order valence-corrected chi connectivity index (χ1v) is 6.68. The van der Waals surface area contributed by atoms with E-state index in [0.29, 0.717) is 6.54 Å². The van der Waals surface area contributed by atoms with Gasteiger partial charge in [0.15, 0.2) is 0 Å². The monoisotopic (exact) mass is 267 g/mol. The number of aliphatic hydroxyl groups excluding tert-OH is 1. The molecule has 0 spiro atoms. The highest BCUT2D eigenvalue weighted by Crippen LogP contribution is 2.21. The summed E-state index contributed by atoms with van der Waals surface area (Å²) in [4.78, 5) is 4.25. The van der Waals surface area contributed by atoms with Gasteiger partial charge >= 0.3 is 0 Å². The van der Waals surface area contributed by atoms with E-state index >= 15 is 0 Å². The van der Waals surface area contributed by atoms with E-state index in [1.54, 1.807) is 4.68 Å². The summed E-state index contributed by atoms with van der Waals surface area (Å²) in [5, 5.41) is 17.0. The van der Waals surface area contributed by atoms with Crippen molar-refractivity contribution in [1.82, 2.24) is 14.8 Å². The van der Waals surface area contributed by atoms with Crippen LogP contribution in [0.1, 0.15) is 23.3 Å². The maximum absolute atomic E-state index is 10.4. The summed E-state index contributed by atoms with van der Waals surface area (Å²) in [5.74, 6) is 1.55. The summed E-state index contributed by atoms with van der Waals surface area (Å²) >= 11 is 0. The van der Waals surface area contributed by atoms with Gasteiger partial charge in [0.25, 0.3) is 0 Å². The van der Waals surface area contributed by atoms with Crippen LogP contribution in [-0.4, -0.2) is 19.9 Å². The number of hydrogen-bond acceptors (Lipinski definition) is 3. The number of fused-ring (bicyclic) bond motifs is 1. The Bertz CT molecular complexity index is 748.